The lowest BCUT2D eigenvalue weighted by Gasteiger charge is -2.52. The maximum atomic E-state index is 12.4. The number of hydrogen-bond acceptors (Lipinski definition) is 2. The molecule has 0 aromatic rings. The van der Waals surface area contributed by atoms with Gasteiger partial charge in [0.15, 0.2) is 0 Å². The molecule has 21 heavy (non-hydrogen) atoms. The van der Waals surface area contributed by atoms with Gasteiger partial charge in [0.1, 0.15) is 0 Å². The van der Waals surface area contributed by atoms with Gasteiger partial charge in [-0.3, -0.25) is 4.21 Å². The minimum Gasteiger partial charge on any atom is -0.389 e. The first kappa shape index (κ1) is 14.2. The Morgan fingerprint density at radius 3 is 2.90 bits per heavy atom. The quantitative estimate of drug-likeness (QED) is 0.697. The van der Waals surface area contributed by atoms with Crippen molar-refractivity contribution in [2.75, 3.05) is 5.75 Å². The molecule has 3 heteroatoms. The van der Waals surface area contributed by atoms with Gasteiger partial charge < -0.3 is 5.11 Å². The van der Waals surface area contributed by atoms with Gasteiger partial charge in [0.05, 0.1) is 6.10 Å². The van der Waals surface area contributed by atoms with Crippen LogP contribution >= 0.6 is 0 Å². The maximum Gasteiger partial charge on any atom is 0.0724 e. The molecule has 1 saturated carbocycles. The molecular formula is C18H26O2S. The van der Waals surface area contributed by atoms with Crippen LogP contribution < -0.4 is 0 Å². The Bertz CT molecular complexity index is 564. The number of aliphatic hydroxyl groups is 1. The van der Waals surface area contributed by atoms with E-state index in [1.165, 1.54) is 12.0 Å². The smallest absolute Gasteiger partial charge is 0.0724 e. The molecule has 3 aliphatic carbocycles. The highest BCUT2D eigenvalue weighted by molar-refractivity contribution is 7.86. The van der Waals surface area contributed by atoms with Crippen LogP contribution in [0.5, 0.6) is 0 Å². The second-order valence-electron chi connectivity index (χ2n) is 7.90. The molecule has 0 amide bonds. The number of rotatable bonds is 0. The Labute approximate surface area is 130 Å². The van der Waals surface area contributed by atoms with Crippen molar-refractivity contribution in [2.24, 2.45) is 17.3 Å². The molecule has 0 aromatic heterocycles. The van der Waals surface area contributed by atoms with E-state index >= 15 is 0 Å². The highest BCUT2D eigenvalue weighted by Crippen LogP contribution is 2.60. The Hall–Kier alpha value is -0.410. The van der Waals surface area contributed by atoms with Gasteiger partial charge >= 0.3 is 0 Å². The topological polar surface area (TPSA) is 37.3 Å². The molecule has 0 spiro atoms. The van der Waals surface area contributed by atoms with Crippen LogP contribution in [0.4, 0.5) is 0 Å². The molecule has 1 aliphatic heterocycles. The fourth-order valence-electron chi connectivity index (χ4n) is 5.58. The van der Waals surface area contributed by atoms with Crippen LogP contribution in [0.3, 0.4) is 0 Å². The molecule has 4 aliphatic rings. The van der Waals surface area contributed by atoms with E-state index in [1.807, 2.05) is 0 Å². The van der Waals surface area contributed by atoms with Crippen molar-refractivity contribution in [1.82, 2.24) is 0 Å². The summed E-state index contributed by atoms with van der Waals surface area (Å²) in [5.41, 5.74) is 3.26. The Morgan fingerprint density at radius 1 is 1.29 bits per heavy atom. The predicted molar refractivity (Wildman–Crippen MR) is 86.4 cm³/mol. The maximum absolute atomic E-state index is 12.4. The Balaban J connectivity index is 1.76. The average molecular weight is 306 g/mol. The van der Waals surface area contributed by atoms with Crippen molar-refractivity contribution < 1.29 is 9.32 Å². The number of aliphatic hydroxyl groups excluding tert-OH is 1. The van der Waals surface area contributed by atoms with Gasteiger partial charge in [-0.1, -0.05) is 30.2 Å². The van der Waals surface area contributed by atoms with Gasteiger partial charge in [0, 0.05) is 26.7 Å². The van der Waals surface area contributed by atoms with Crippen molar-refractivity contribution >= 4 is 10.8 Å². The third-order valence-corrected chi connectivity index (χ3v) is 9.05. The number of fused-ring (bicyclic) bond motifs is 5. The van der Waals surface area contributed by atoms with Crippen LogP contribution in [0.25, 0.3) is 0 Å². The van der Waals surface area contributed by atoms with E-state index in [1.54, 1.807) is 5.57 Å². The van der Waals surface area contributed by atoms with Crippen LogP contribution in [0.1, 0.15) is 52.4 Å². The largest absolute Gasteiger partial charge is 0.389 e. The van der Waals surface area contributed by atoms with E-state index in [0.717, 1.165) is 37.9 Å². The summed E-state index contributed by atoms with van der Waals surface area (Å²) in [5.74, 6) is 2.15. The van der Waals surface area contributed by atoms with Gasteiger partial charge in [0.2, 0.25) is 0 Å². The summed E-state index contributed by atoms with van der Waals surface area (Å²) in [4.78, 5) is 0. The van der Waals surface area contributed by atoms with Crippen LogP contribution in [0, 0.1) is 17.3 Å². The molecule has 6 atom stereocenters. The van der Waals surface area contributed by atoms with E-state index in [9.17, 15) is 9.32 Å². The minimum atomic E-state index is -0.648. The summed E-state index contributed by atoms with van der Waals surface area (Å²) in [6.45, 7) is 4.64. The standard InChI is InChI=1S/C18H26O2S/c1-17-8-5-13(19)11-12(17)3-4-14-15(17)6-9-18(2)16(14)7-10-21(18)20/h6,11,13-14,16,19H,3-5,7-10H2,1-2H3. The molecule has 1 heterocycles. The zero-order valence-electron chi connectivity index (χ0n) is 13.1. The summed E-state index contributed by atoms with van der Waals surface area (Å²) in [5, 5.41) is 9.95. The lowest BCUT2D eigenvalue weighted by Crippen LogP contribution is -2.47. The third kappa shape index (κ3) is 1.83. The average Bonchev–Trinajstić information content (AvgIpc) is 2.76. The minimum absolute atomic E-state index is 0.0277. The molecule has 4 rings (SSSR count). The molecule has 1 N–H and O–H groups in total. The first-order valence-electron chi connectivity index (χ1n) is 8.43. The number of hydrogen-bond donors (Lipinski definition) is 1. The molecule has 1 saturated heterocycles. The van der Waals surface area contributed by atoms with Crippen LogP contribution in [-0.2, 0) is 10.8 Å². The van der Waals surface area contributed by atoms with Gasteiger partial charge in [-0.05, 0) is 57.3 Å². The number of allylic oxidation sites excluding steroid dienone is 3. The van der Waals surface area contributed by atoms with Crippen molar-refractivity contribution in [3.8, 4) is 0 Å². The lowest BCUT2D eigenvalue weighted by atomic mass is 9.54. The first-order valence-corrected chi connectivity index (χ1v) is 9.75. The Kier molecular flexibility index (Phi) is 3.07. The zero-order chi connectivity index (χ0) is 14.8. The highest BCUT2D eigenvalue weighted by Gasteiger charge is 2.55. The van der Waals surface area contributed by atoms with Crippen molar-refractivity contribution in [3.63, 3.8) is 0 Å². The highest BCUT2D eigenvalue weighted by atomic mass is 32.2. The molecule has 116 valence electrons. The van der Waals surface area contributed by atoms with E-state index in [0.29, 0.717) is 11.8 Å². The normalized spacial score (nSPS) is 52.3. The van der Waals surface area contributed by atoms with Crippen molar-refractivity contribution in [1.29, 1.82) is 0 Å². The molecule has 0 bridgehead atoms. The van der Waals surface area contributed by atoms with E-state index in [-0.39, 0.29) is 16.3 Å². The fraction of sp³-hybridized carbons (Fsp3) is 0.778. The zero-order valence-corrected chi connectivity index (χ0v) is 13.9. The van der Waals surface area contributed by atoms with Crippen molar-refractivity contribution in [3.05, 3.63) is 23.3 Å². The third-order valence-electron chi connectivity index (χ3n) is 6.94. The summed E-state index contributed by atoms with van der Waals surface area (Å²) in [6.07, 6.45) is 10.7. The molecule has 0 radical (unpaired) electrons. The van der Waals surface area contributed by atoms with Crippen LogP contribution in [0.2, 0.25) is 0 Å². The molecule has 2 nitrogen and oxygen atoms in total. The first-order chi connectivity index (χ1) is 9.95. The summed E-state index contributed by atoms with van der Waals surface area (Å²) >= 11 is 0. The van der Waals surface area contributed by atoms with Crippen molar-refractivity contribution in [2.45, 2.75) is 63.2 Å². The van der Waals surface area contributed by atoms with Gasteiger partial charge in [0.25, 0.3) is 0 Å². The molecule has 2 fully saturated rings. The van der Waals surface area contributed by atoms with E-state index < -0.39 is 10.8 Å². The van der Waals surface area contributed by atoms with Crippen LogP contribution in [-0.4, -0.2) is 25.9 Å². The lowest BCUT2D eigenvalue weighted by molar-refractivity contribution is 0.147. The monoisotopic (exact) mass is 306 g/mol. The van der Waals surface area contributed by atoms with Gasteiger partial charge in [-0.25, -0.2) is 0 Å². The van der Waals surface area contributed by atoms with Gasteiger partial charge in [-0.15, -0.1) is 0 Å². The fourth-order valence-corrected chi connectivity index (χ4v) is 7.40. The van der Waals surface area contributed by atoms with Gasteiger partial charge in [-0.2, -0.15) is 0 Å². The summed E-state index contributed by atoms with van der Waals surface area (Å²) in [7, 11) is -0.648. The second kappa shape index (κ2) is 4.55. The van der Waals surface area contributed by atoms with E-state index in [4.69, 9.17) is 0 Å². The van der Waals surface area contributed by atoms with Crippen LogP contribution in [0.15, 0.2) is 23.3 Å². The summed E-state index contributed by atoms with van der Waals surface area (Å²) in [6, 6.07) is 0. The predicted octanol–water partition coefficient (Wildman–Crippen LogP) is 3.34. The summed E-state index contributed by atoms with van der Waals surface area (Å²) < 4.78 is 12.5. The van der Waals surface area contributed by atoms with E-state index in [2.05, 4.69) is 26.0 Å². The second-order valence-corrected chi connectivity index (χ2v) is 9.93. The molecule has 6 unspecified atom stereocenters. The molecular weight excluding hydrogens is 280 g/mol. The molecule has 0 aromatic carbocycles. The SMILES string of the molecule is CC12CCC(O)C=C1CCC1C2=CCC2(C)C1CCS2=O. The Morgan fingerprint density at radius 2 is 2.10 bits per heavy atom.